The van der Waals surface area contributed by atoms with Crippen molar-refractivity contribution in [2.45, 2.75) is 38.8 Å². The maximum atomic E-state index is 13.1. The predicted molar refractivity (Wildman–Crippen MR) is 118 cm³/mol. The van der Waals surface area contributed by atoms with Gasteiger partial charge < -0.3 is 20.3 Å². The molecule has 1 aliphatic heterocycles. The third kappa shape index (κ3) is 6.07. The Morgan fingerprint density at radius 1 is 0.903 bits per heavy atom. The minimum absolute atomic E-state index is 0.228. The summed E-state index contributed by atoms with van der Waals surface area (Å²) in [5, 5.41) is 5.38. The number of ether oxygens (including phenoxy) is 1. The first-order valence-electron chi connectivity index (χ1n) is 10.6. The van der Waals surface area contributed by atoms with Crippen molar-refractivity contribution < 1.29 is 19.1 Å². The summed E-state index contributed by atoms with van der Waals surface area (Å²) in [5.74, 6) is -1.10. The van der Waals surface area contributed by atoms with Crippen molar-refractivity contribution in [1.29, 1.82) is 0 Å². The van der Waals surface area contributed by atoms with E-state index in [-0.39, 0.29) is 11.8 Å². The van der Waals surface area contributed by atoms with Gasteiger partial charge in [0, 0.05) is 24.3 Å². The number of nitrogens with zero attached hydrogens (tertiary/aromatic N) is 1. The van der Waals surface area contributed by atoms with Crippen molar-refractivity contribution in [2.75, 3.05) is 18.4 Å². The fraction of sp³-hybridized carbons (Fsp3) is 0.375. The average molecular weight is 424 g/mol. The molecule has 1 aliphatic rings. The minimum Gasteiger partial charge on any atom is -0.446 e. The van der Waals surface area contributed by atoms with Gasteiger partial charge >= 0.3 is 12.0 Å². The van der Waals surface area contributed by atoms with Crippen LogP contribution >= 0.6 is 0 Å². The fourth-order valence-corrected chi connectivity index (χ4v) is 3.51. The van der Waals surface area contributed by atoms with Crippen LogP contribution in [0.3, 0.4) is 0 Å². The lowest BCUT2D eigenvalue weighted by Gasteiger charge is -2.27. The standard InChI is InChI=1S/C24H29N3O4/c1-17(2)20(26-24(30)25-19-13-7-4-8-14-19)23(29)31-21(18-11-5-3-6-12-18)22(28)27-15-9-10-16-27/h3-8,11-14,17,20-21H,9-10,15-16H2,1-2H3,(H2,25,26,30)/t20-,21-/m0/s1. The number of hydrogen-bond acceptors (Lipinski definition) is 4. The van der Waals surface area contributed by atoms with E-state index in [2.05, 4.69) is 10.6 Å². The molecule has 0 bridgehead atoms. The van der Waals surface area contributed by atoms with E-state index in [0.717, 1.165) is 12.8 Å². The van der Waals surface area contributed by atoms with Crippen LogP contribution in [0.5, 0.6) is 0 Å². The molecule has 2 atom stereocenters. The molecule has 7 nitrogen and oxygen atoms in total. The zero-order valence-electron chi connectivity index (χ0n) is 17.9. The predicted octanol–water partition coefficient (Wildman–Crippen LogP) is 3.74. The van der Waals surface area contributed by atoms with Crippen LogP contribution in [0.15, 0.2) is 60.7 Å². The number of benzene rings is 2. The zero-order valence-corrected chi connectivity index (χ0v) is 17.9. The number of urea groups is 1. The maximum absolute atomic E-state index is 13.1. The third-order valence-electron chi connectivity index (χ3n) is 5.22. The highest BCUT2D eigenvalue weighted by Gasteiger charge is 2.34. The Balaban J connectivity index is 1.72. The molecule has 3 amide bonds. The SMILES string of the molecule is CC(C)[C@H](NC(=O)Nc1ccccc1)C(=O)O[C@H](C(=O)N1CCCC1)c1ccccc1. The van der Waals surface area contributed by atoms with E-state index in [1.165, 1.54) is 0 Å². The molecule has 2 N–H and O–H groups in total. The van der Waals surface area contributed by atoms with Crippen molar-refractivity contribution in [2.24, 2.45) is 5.92 Å². The molecule has 0 radical (unpaired) electrons. The van der Waals surface area contributed by atoms with E-state index >= 15 is 0 Å². The van der Waals surface area contributed by atoms with Crippen molar-refractivity contribution in [3.63, 3.8) is 0 Å². The van der Waals surface area contributed by atoms with Crippen molar-refractivity contribution >= 4 is 23.6 Å². The highest BCUT2D eigenvalue weighted by molar-refractivity contribution is 5.93. The lowest BCUT2D eigenvalue weighted by molar-refractivity contribution is -0.162. The first-order valence-corrected chi connectivity index (χ1v) is 10.6. The lowest BCUT2D eigenvalue weighted by atomic mass is 10.0. The number of rotatable bonds is 7. The number of amides is 3. The van der Waals surface area contributed by atoms with Crippen molar-refractivity contribution in [1.82, 2.24) is 10.2 Å². The molecule has 164 valence electrons. The molecule has 0 aliphatic carbocycles. The Hall–Kier alpha value is -3.35. The molecule has 1 heterocycles. The van der Waals surface area contributed by atoms with Gasteiger partial charge in [-0.05, 0) is 30.9 Å². The third-order valence-corrected chi connectivity index (χ3v) is 5.22. The summed E-state index contributed by atoms with van der Waals surface area (Å²) in [6.07, 6.45) is 0.848. The molecule has 1 saturated heterocycles. The number of anilines is 1. The topological polar surface area (TPSA) is 87.7 Å². The second kappa shape index (κ2) is 10.6. The summed E-state index contributed by atoms with van der Waals surface area (Å²) in [6, 6.07) is 16.5. The second-order valence-electron chi connectivity index (χ2n) is 7.95. The summed E-state index contributed by atoms with van der Waals surface area (Å²) >= 11 is 0. The van der Waals surface area contributed by atoms with E-state index in [0.29, 0.717) is 24.3 Å². The van der Waals surface area contributed by atoms with Crippen LogP contribution in [0, 0.1) is 5.92 Å². The molecule has 2 aromatic carbocycles. The summed E-state index contributed by atoms with van der Waals surface area (Å²) in [6.45, 7) is 4.94. The number of hydrogen-bond donors (Lipinski definition) is 2. The molecular formula is C24H29N3O4. The van der Waals surface area contributed by atoms with Crippen LogP contribution in [0.25, 0.3) is 0 Å². The Bertz CT molecular complexity index is 880. The molecule has 0 aromatic heterocycles. The van der Waals surface area contributed by atoms with Gasteiger partial charge in [-0.1, -0.05) is 62.4 Å². The highest BCUT2D eigenvalue weighted by Crippen LogP contribution is 2.24. The summed E-state index contributed by atoms with van der Waals surface area (Å²) < 4.78 is 5.71. The van der Waals surface area contributed by atoms with E-state index < -0.39 is 24.1 Å². The van der Waals surface area contributed by atoms with E-state index in [4.69, 9.17) is 4.74 Å². The molecule has 3 rings (SSSR count). The van der Waals surface area contributed by atoms with Crippen LogP contribution in [-0.2, 0) is 14.3 Å². The van der Waals surface area contributed by atoms with Crippen LogP contribution in [-0.4, -0.2) is 41.9 Å². The number of carbonyl (C=O) groups excluding carboxylic acids is 3. The summed E-state index contributed by atoms with van der Waals surface area (Å²) in [7, 11) is 0. The Morgan fingerprint density at radius 2 is 1.48 bits per heavy atom. The molecular weight excluding hydrogens is 394 g/mol. The van der Waals surface area contributed by atoms with Crippen molar-refractivity contribution in [3.8, 4) is 0 Å². The molecule has 31 heavy (non-hydrogen) atoms. The van der Waals surface area contributed by atoms with Gasteiger partial charge in [-0.15, -0.1) is 0 Å². The van der Waals surface area contributed by atoms with Gasteiger partial charge in [0.1, 0.15) is 6.04 Å². The minimum atomic E-state index is -1.04. The Morgan fingerprint density at radius 3 is 2.06 bits per heavy atom. The summed E-state index contributed by atoms with van der Waals surface area (Å²) in [5.41, 5.74) is 1.23. The normalized spacial score (nSPS) is 15.3. The van der Waals surface area contributed by atoms with Gasteiger partial charge in [0.15, 0.2) is 0 Å². The molecule has 0 saturated carbocycles. The zero-order chi connectivity index (χ0) is 22.2. The Labute approximate surface area is 182 Å². The van der Waals surface area contributed by atoms with Gasteiger partial charge in [0.25, 0.3) is 5.91 Å². The van der Waals surface area contributed by atoms with Crippen LogP contribution in [0.2, 0.25) is 0 Å². The monoisotopic (exact) mass is 423 g/mol. The average Bonchev–Trinajstić information content (AvgIpc) is 3.31. The first kappa shape index (κ1) is 22.3. The van der Waals surface area contributed by atoms with Gasteiger partial charge in [-0.2, -0.15) is 0 Å². The highest BCUT2D eigenvalue weighted by atomic mass is 16.5. The number of para-hydroxylation sites is 1. The molecule has 2 aromatic rings. The van der Waals surface area contributed by atoms with Crippen molar-refractivity contribution in [3.05, 3.63) is 66.2 Å². The van der Waals surface area contributed by atoms with E-state index in [1.807, 2.05) is 26.0 Å². The maximum Gasteiger partial charge on any atom is 0.330 e. The number of esters is 1. The first-order chi connectivity index (χ1) is 15.0. The second-order valence-corrected chi connectivity index (χ2v) is 7.95. The summed E-state index contributed by atoms with van der Waals surface area (Å²) in [4.78, 5) is 40.3. The molecule has 1 fully saturated rings. The Kier molecular flexibility index (Phi) is 7.65. The van der Waals surface area contributed by atoms with E-state index in [9.17, 15) is 14.4 Å². The van der Waals surface area contributed by atoms with E-state index in [1.54, 1.807) is 53.4 Å². The van der Waals surface area contributed by atoms with Gasteiger partial charge in [0.05, 0.1) is 0 Å². The molecule has 7 heteroatoms. The van der Waals surface area contributed by atoms with Gasteiger partial charge in [-0.25, -0.2) is 9.59 Å². The van der Waals surface area contributed by atoms with Gasteiger partial charge in [-0.3, -0.25) is 4.79 Å². The van der Waals surface area contributed by atoms with Crippen LogP contribution in [0.4, 0.5) is 10.5 Å². The molecule has 0 unspecified atom stereocenters. The smallest absolute Gasteiger partial charge is 0.330 e. The fourth-order valence-electron chi connectivity index (χ4n) is 3.51. The van der Waals surface area contributed by atoms with Gasteiger partial charge in [0.2, 0.25) is 6.10 Å². The van der Waals surface area contributed by atoms with Crippen LogP contribution < -0.4 is 10.6 Å². The quantitative estimate of drug-likeness (QED) is 0.664. The number of likely N-dealkylation sites (tertiary alicyclic amines) is 1. The lowest BCUT2D eigenvalue weighted by Crippen LogP contribution is -2.48. The number of nitrogens with one attached hydrogen (secondary N) is 2. The molecule has 0 spiro atoms. The van der Waals surface area contributed by atoms with Crippen LogP contribution in [0.1, 0.15) is 38.4 Å². The largest absolute Gasteiger partial charge is 0.446 e. The number of carbonyl (C=O) groups is 3.